The molecule has 1 N–H and O–H groups in total. The molecule has 3 atom stereocenters. The maximum absolute atomic E-state index is 14.3. The number of aliphatic hydroxyl groups is 1. The number of aryl methyl sites for hydroxylation is 1. The van der Waals surface area contributed by atoms with Gasteiger partial charge in [-0.15, -0.1) is 5.10 Å². The second-order valence-corrected chi connectivity index (χ2v) is 14.4. The molecule has 1 aliphatic heterocycles. The molecule has 3 aromatic heterocycles. The number of hydrogen-bond acceptors (Lipinski definition) is 11. The molecule has 5 aromatic rings. The predicted octanol–water partition coefficient (Wildman–Crippen LogP) is 3.19. The van der Waals surface area contributed by atoms with E-state index in [2.05, 4.69) is 15.3 Å². The van der Waals surface area contributed by atoms with E-state index in [0.717, 1.165) is 15.7 Å². The first-order chi connectivity index (χ1) is 22.8. The fourth-order valence-corrected chi connectivity index (χ4v) is 7.39. The van der Waals surface area contributed by atoms with Crippen molar-refractivity contribution >= 4 is 30.4 Å². The molecule has 15 nitrogen and oxygen atoms in total. The van der Waals surface area contributed by atoms with Crippen molar-refractivity contribution in [2.75, 3.05) is 0 Å². The van der Waals surface area contributed by atoms with E-state index in [-0.39, 0.29) is 42.8 Å². The number of nitrogens with zero attached hydrogens (tertiary/aromatic N) is 7. The maximum atomic E-state index is 14.3. The molecule has 0 radical (unpaired) electrons. The van der Waals surface area contributed by atoms with Gasteiger partial charge < -0.3 is 28.2 Å². The highest BCUT2D eigenvalue weighted by atomic mass is 35.5. The Balaban J connectivity index is 1.23. The molecule has 1 saturated heterocycles. The number of rotatable bonds is 12. The average Bonchev–Trinajstić information content (AvgIpc) is 3.76. The molecule has 48 heavy (non-hydrogen) atoms. The molecule has 254 valence electrons. The Kier molecular flexibility index (Phi) is 9.55. The van der Waals surface area contributed by atoms with Gasteiger partial charge in [0.15, 0.2) is 22.8 Å². The van der Waals surface area contributed by atoms with Crippen molar-refractivity contribution in [1.82, 2.24) is 33.7 Å². The van der Waals surface area contributed by atoms with Crippen LogP contribution in [-0.4, -0.2) is 62.6 Å². The van der Waals surface area contributed by atoms with Crippen LogP contribution in [0.2, 0.25) is 5.28 Å². The monoisotopic (exact) mass is 699 g/mol. The Hall–Kier alpha value is -3.95. The largest absolute Gasteiger partial charge is 0.378 e. The summed E-state index contributed by atoms with van der Waals surface area (Å²) in [7, 11) is -1.37. The molecule has 6 rings (SSSR count). The van der Waals surface area contributed by atoms with E-state index in [1.165, 1.54) is 27.9 Å². The fraction of sp³-hybridized carbons (Fsp3) is 0.387. The summed E-state index contributed by atoms with van der Waals surface area (Å²) in [5.41, 5.74) is 1.11. The van der Waals surface area contributed by atoms with Crippen LogP contribution in [0.15, 0.2) is 76.4 Å². The van der Waals surface area contributed by atoms with Gasteiger partial charge in [-0.3, -0.25) is 18.5 Å². The molecule has 4 heterocycles. The van der Waals surface area contributed by atoms with Crippen LogP contribution >= 0.6 is 19.2 Å². The lowest BCUT2D eigenvalue weighted by Crippen LogP contribution is -2.38. The van der Waals surface area contributed by atoms with Crippen molar-refractivity contribution in [2.24, 2.45) is 14.1 Å². The summed E-state index contributed by atoms with van der Waals surface area (Å²) in [5, 5.41) is 20.1. The van der Waals surface area contributed by atoms with Gasteiger partial charge in [-0.2, -0.15) is 4.98 Å². The van der Waals surface area contributed by atoms with E-state index in [1.54, 1.807) is 20.0 Å². The van der Waals surface area contributed by atoms with E-state index >= 15 is 0 Å². The highest BCUT2D eigenvalue weighted by Crippen LogP contribution is 2.56. The first kappa shape index (κ1) is 33.9. The van der Waals surface area contributed by atoms with E-state index in [9.17, 15) is 19.3 Å². The Morgan fingerprint density at radius 3 is 2.19 bits per heavy atom. The van der Waals surface area contributed by atoms with E-state index in [4.69, 9.17) is 30.1 Å². The molecule has 1 aliphatic rings. The summed E-state index contributed by atoms with van der Waals surface area (Å²) in [4.78, 5) is 29.5. The van der Waals surface area contributed by atoms with Gasteiger partial charge in [-0.1, -0.05) is 65.9 Å². The standard InChI is InChI=1S/C31H35ClN7O8P/c1-31(2)46-23(17-38-15-22(34-35-38)16-39-24-26(33-29(39)32)36(3)30(42)37(4)27(24)40)25(47-31)28(41)48(43,44-18-20-11-7-5-8-12-20)45-19-21-13-9-6-10-14-21/h5-15,23,25,28,41H,16-19H2,1-4H3/t23-,25+,28-/m0/s1. The molecule has 0 bridgehead atoms. The van der Waals surface area contributed by atoms with Gasteiger partial charge >= 0.3 is 13.3 Å². The van der Waals surface area contributed by atoms with Crippen molar-refractivity contribution in [3.63, 3.8) is 0 Å². The highest BCUT2D eigenvalue weighted by Gasteiger charge is 2.52. The van der Waals surface area contributed by atoms with E-state index in [0.29, 0.717) is 5.69 Å². The predicted molar refractivity (Wildman–Crippen MR) is 174 cm³/mol. The Labute approximate surface area is 279 Å². The van der Waals surface area contributed by atoms with Gasteiger partial charge in [-0.05, 0) is 36.6 Å². The van der Waals surface area contributed by atoms with Crippen molar-refractivity contribution in [3.8, 4) is 0 Å². The Bertz CT molecular complexity index is 2030. The number of fused-ring (bicyclic) bond motifs is 1. The molecule has 0 aliphatic carbocycles. The lowest BCUT2D eigenvalue weighted by molar-refractivity contribution is -0.152. The summed E-state index contributed by atoms with van der Waals surface area (Å²) < 4.78 is 43.4. The minimum atomic E-state index is -4.24. The van der Waals surface area contributed by atoms with Crippen LogP contribution in [-0.2, 0) is 63.5 Å². The highest BCUT2D eigenvalue weighted by molar-refractivity contribution is 7.54. The van der Waals surface area contributed by atoms with Crippen LogP contribution in [0.25, 0.3) is 11.2 Å². The molecular weight excluding hydrogens is 665 g/mol. The Morgan fingerprint density at radius 1 is 0.979 bits per heavy atom. The summed E-state index contributed by atoms with van der Waals surface area (Å²) >= 11 is 6.39. The number of benzene rings is 2. The summed E-state index contributed by atoms with van der Waals surface area (Å²) in [6, 6.07) is 18.3. The SMILES string of the molecule is Cn1c(=O)c2c(nc(Cl)n2Cc2cn(C[C@@H]3OC(C)(C)O[C@H]3[C@@H](O)P(=O)(OCc3ccccc3)OCc3ccccc3)nn2)n(C)c1=O. The number of imidazole rings is 1. The van der Waals surface area contributed by atoms with Gasteiger partial charge in [0.2, 0.25) is 5.28 Å². The second kappa shape index (κ2) is 13.5. The number of aromatic nitrogens is 7. The van der Waals surface area contributed by atoms with Crippen molar-refractivity contribution in [1.29, 1.82) is 0 Å². The lowest BCUT2D eigenvalue weighted by Gasteiger charge is -2.29. The fourth-order valence-electron chi connectivity index (χ4n) is 5.52. The lowest BCUT2D eigenvalue weighted by atomic mass is 10.2. The zero-order chi connectivity index (χ0) is 34.2. The summed E-state index contributed by atoms with van der Waals surface area (Å²) in [6.45, 7) is 3.30. The molecular formula is C31H35ClN7O8P. The number of aliphatic hydroxyl groups excluding tert-OH is 1. The van der Waals surface area contributed by atoms with Crippen LogP contribution in [0.3, 0.4) is 0 Å². The zero-order valence-electron chi connectivity index (χ0n) is 26.7. The van der Waals surface area contributed by atoms with Crippen LogP contribution < -0.4 is 11.2 Å². The minimum Gasteiger partial charge on any atom is -0.378 e. The first-order valence-electron chi connectivity index (χ1n) is 15.1. The number of hydrogen-bond donors (Lipinski definition) is 1. The van der Waals surface area contributed by atoms with Crippen molar-refractivity contribution < 1.29 is 28.2 Å². The van der Waals surface area contributed by atoms with Crippen LogP contribution in [0.4, 0.5) is 0 Å². The van der Waals surface area contributed by atoms with Crippen LogP contribution in [0, 0.1) is 0 Å². The molecule has 0 amide bonds. The van der Waals surface area contributed by atoms with Crippen molar-refractivity contribution in [2.45, 2.75) is 64.0 Å². The van der Waals surface area contributed by atoms with Crippen molar-refractivity contribution in [3.05, 3.63) is 110 Å². The van der Waals surface area contributed by atoms with Gasteiger partial charge in [-0.25, -0.2) is 9.48 Å². The quantitative estimate of drug-likeness (QED) is 0.150. The smallest absolute Gasteiger partial charge is 0.362 e. The third kappa shape index (κ3) is 6.94. The van der Waals surface area contributed by atoms with Gasteiger partial charge in [0.05, 0.1) is 32.5 Å². The van der Waals surface area contributed by atoms with Crippen LogP contribution in [0.5, 0.6) is 0 Å². The molecule has 0 spiro atoms. The maximum Gasteiger partial charge on any atom is 0.362 e. The average molecular weight is 700 g/mol. The topological polar surface area (TPSA) is 167 Å². The van der Waals surface area contributed by atoms with E-state index < -0.39 is 42.7 Å². The number of ether oxygens (including phenoxy) is 2. The van der Waals surface area contributed by atoms with E-state index in [1.807, 2.05) is 60.7 Å². The second-order valence-electron chi connectivity index (χ2n) is 11.9. The summed E-state index contributed by atoms with van der Waals surface area (Å²) in [5.74, 6) is -2.87. The summed E-state index contributed by atoms with van der Waals surface area (Å²) in [6.07, 6.45) is -0.371. The molecule has 17 heteroatoms. The number of halogens is 1. The van der Waals surface area contributed by atoms with Crippen LogP contribution in [0.1, 0.15) is 30.7 Å². The normalized spacial score (nSPS) is 18.5. The third-order valence-electron chi connectivity index (χ3n) is 7.92. The minimum absolute atomic E-state index is 0.00271. The van der Waals surface area contributed by atoms with Gasteiger partial charge in [0.1, 0.15) is 17.9 Å². The molecule has 2 aromatic carbocycles. The van der Waals surface area contributed by atoms with Gasteiger partial charge in [0, 0.05) is 14.1 Å². The molecule has 1 fully saturated rings. The molecule has 0 unspecified atom stereocenters. The third-order valence-corrected chi connectivity index (χ3v) is 10.1. The molecule has 0 saturated carbocycles. The van der Waals surface area contributed by atoms with Gasteiger partial charge in [0.25, 0.3) is 5.56 Å². The Morgan fingerprint density at radius 2 is 1.58 bits per heavy atom. The zero-order valence-corrected chi connectivity index (χ0v) is 28.3. The first-order valence-corrected chi connectivity index (χ1v) is 17.1.